The summed E-state index contributed by atoms with van der Waals surface area (Å²) in [4.78, 5) is 2.35. The van der Waals surface area contributed by atoms with Gasteiger partial charge in [0.15, 0.2) is 0 Å². The highest BCUT2D eigenvalue weighted by Gasteiger charge is 2.36. The van der Waals surface area contributed by atoms with Crippen LogP contribution in [0.15, 0.2) is 188 Å². The van der Waals surface area contributed by atoms with E-state index in [4.69, 9.17) is 0 Å². The number of hydrogen-bond donors (Lipinski definition) is 0. The van der Waals surface area contributed by atoms with E-state index in [1.165, 1.54) is 72.1 Å². The third-order valence-electron chi connectivity index (χ3n) is 10.6. The Balaban J connectivity index is 1.04. The van der Waals surface area contributed by atoms with Crippen LogP contribution >= 0.6 is 0 Å². The molecule has 8 aromatic rings. The Morgan fingerprint density at radius 3 is 1.40 bits per heavy atom. The van der Waals surface area contributed by atoms with Crippen LogP contribution in [0.1, 0.15) is 36.1 Å². The third kappa shape index (κ3) is 5.71. The molecule has 0 atom stereocenters. The zero-order valence-electron chi connectivity index (χ0n) is 29.5. The number of rotatable bonds is 7. The summed E-state index contributed by atoms with van der Waals surface area (Å²) >= 11 is 0. The van der Waals surface area contributed by atoms with Crippen LogP contribution in [0.4, 0.5) is 17.1 Å². The molecule has 0 aromatic heterocycles. The lowest BCUT2D eigenvalue weighted by Crippen LogP contribution is -2.16. The maximum atomic E-state index is 2.40. The topological polar surface area (TPSA) is 3.24 Å². The van der Waals surface area contributed by atoms with E-state index in [0.717, 1.165) is 11.4 Å². The molecule has 9 rings (SSSR count). The van der Waals surface area contributed by atoms with Gasteiger partial charge in [0.2, 0.25) is 0 Å². The summed E-state index contributed by atoms with van der Waals surface area (Å²) in [6, 6.07) is 68.1. The molecule has 0 amide bonds. The van der Waals surface area contributed by atoms with Crippen molar-refractivity contribution < 1.29 is 0 Å². The van der Waals surface area contributed by atoms with Crippen molar-refractivity contribution in [2.24, 2.45) is 0 Å². The number of anilines is 3. The van der Waals surface area contributed by atoms with Crippen LogP contribution in [0.2, 0.25) is 0 Å². The standard InChI is InChI=1S/C51H39N/c1-51(2)49-32-37(26-29-45(49)46-30-28-44(35-50(46)51)52(42-19-11-5-12-20-42)43-21-13-6-14-22-43)24-23-36-25-27-40-33-47(38-15-7-3-8-16-38)48(34-41(40)31-36)39-17-9-4-10-18-39/h3-35H,1-2H3/b24-23+. The maximum Gasteiger partial charge on any atom is 0.0465 e. The van der Waals surface area contributed by atoms with Crippen molar-refractivity contribution in [2.75, 3.05) is 4.90 Å². The fourth-order valence-corrected chi connectivity index (χ4v) is 7.91. The van der Waals surface area contributed by atoms with E-state index in [2.05, 4.69) is 219 Å². The van der Waals surface area contributed by atoms with Gasteiger partial charge in [-0.1, -0.05) is 159 Å². The second kappa shape index (κ2) is 13.0. The predicted octanol–water partition coefficient (Wildman–Crippen LogP) is 14.1. The second-order valence-corrected chi connectivity index (χ2v) is 14.2. The van der Waals surface area contributed by atoms with E-state index in [1.807, 2.05) is 0 Å². The molecule has 0 saturated heterocycles. The van der Waals surface area contributed by atoms with Gasteiger partial charge in [-0.3, -0.25) is 0 Å². The largest absolute Gasteiger partial charge is 0.310 e. The smallest absolute Gasteiger partial charge is 0.0465 e. The van der Waals surface area contributed by atoms with Crippen LogP contribution in [0, 0.1) is 0 Å². The van der Waals surface area contributed by atoms with E-state index in [-0.39, 0.29) is 5.41 Å². The van der Waals surface area contributed by atoms with Crippen molar-refractivity contribution in [3.8, 4) is 33.4 Å². The summed E-state index contributed by atoms with van der Waals surface area (Å²) < 4.78 is 0. The Labute approximate surface area is 306 Å². The molecule has 1 nitrogen and oxygen atoms in total. The van der Waals surface area contributed by atoms with Gasteiger partial charge in [0.25, 0.3) is 0 Å². The van der Waals surface area contributed by atoms with Gasteiger partial charge in [0.1, 0.15) is 0 Å². The summed E-state index contributed by atoms with van der Waals surface area (Å²) in [7, 11) is 0. The molecule has 0 radical (unpaired) electrons. The van der Waals surface area contributed by atoms with Crippen molar-refractivity contribution in [3.05, 3.63) is 210 Å². The number of fused-ring (bicyclic) bond motifs is 4. The molecule has 1 aliphatic carbocycles. The van der Waals surface area contributed by atoms with E-state index in [0.29, 0.717) is 0 Å². The molecule has 1 heteroatoms. The molecule has 0 bridgehead atoms. The van der Waals surface area contributed by atoms with Crippen LogP contribution in [-0.4, -0.2) is 0 Å². The van der Waals surface area contributed by atoms with Crippen molar-refractivity contribution in [1.29, 1.82) is 0 Å². The summed E-state index contributed by atoms with van der Waals surface area (Å²) in [6.07, 6.45) is 4.51. The fourth-order valence-electron chi connectivity index (χ4n) is 7.91. The second-order valence-electron chi connectivity index (χ2n) is 14.2. The van der Waals surface area contributed by atoms with Gasteiger partial charge >= 0.3 is 0 Å². The minimum Gasteiger partial charge on any atom is -0.310 e. The summed E-state index contributed by atoms with van der Waals surface area (Å²) in [5.41, 5.74) is 16.0. The molecule has 8 aromatic carbocycles. The Kier molecular flexibility index (Phi) is 7.90. The van der Waals surface area contributed by atoms with Crippen LogP contribution in [-0.2, 0) is 5.41 Å². The monoisotopic (exact) mass is 665 g/mol. The van der Waals surface area contributed by atoms with Gasteiger partial charge in [0.05, 0.1) is 0 Å². The number of benzene rings is 8. The zero-order chi connectivity index (χ0) is 35.1. The molecular formula is C51H39N. The quantitative estimate of drug-likeness (QED) is 0.153. The van der Waals surface area contributed by atoms with Gasteiger partial charge in [-0.05, 0) is 121 Å². The first kappa shape index (κ1) is 31.5. The highest BCUT2D eigenvalue weighted by molar-refractivity contribution is 5.97. The Hall–Kier alpha value is -6.44. The zero-order valence-corrected chi connectivity index (χ0v) is 29.5. The first-order valence-electron chi connectivity index (χ1n) is 18.1. The normalized spacial score (nSPS) is 12.9. The van der Waals surface area contributed by atoms with E-state index in [9.17, 15) is 0 Å². The minimum absolute atomic E-state index is 0.142. The molecule has 248 valence electrons. The third-order valence-corrected chi connectivity index (χ3v) is 10.6. The van der Waals surface area contributed by atoms with Gasteiger partial charge in [-0.25, -0.2) is 0 Å². The lowest BCUT2D eigenvalue weighted by Gasteiger charge is -2.28. The van der Waals surface area contributed by atoms with E-state index in [1.54, 1.807) is 0 Å². The molecule has 1 aliphatic rings. The van der Waals surface area contributed by atoms with Gasteiger partial charge in [-0.2, -0.15) is 0 Å². The van der Waals surface area contributed by atoms with Crippen LogP contribution < -0.4 is 4.90 Å². The molecule has 52 heavy (non-hydrogen) atoms. The Morgan fingerprint density at radius 2 is 0.827 bits per heavy atom. The SMILES string of the molecule is CC1(C)c2cc(/C=C/c3ccc4cc(-c5ccccc5)c(-c5ccccc5)cc4c3)ccc2-c2ccc(N(c3ccccc3)c3ccccc3)cc21. The van der Waals surface area contributed by atoms with Gasteiger partial charge in [0, 0.05) is 22.5 Å². The first-order valence-corrected chi connectivity index (χ1v) is 18.1. The average Bonchev–Trinajstić information content (AvgIpc) is 3.43. The van der Waals surface area contributed by atoms with Gasteiger partial charge < -0.3 is 4.90 Å². The lowest BCUT2D eigenvalue weighted by molar-refractivity contribution is 0.660. The summed E-state index contributed by atoms with van der Waals surface area (Å²) in [5, 5.41) is 2.48. The number of hydrogen-bond acceptors (Lipinski definition) is 1. The summed E-state index contributed by atoms with van der Waals surface area (Å²) in [5.74, 6) is 0. The molecule has 0 fully saturated rings. The molecule has 0 saturated carbocycles. The molecule has 0 N–H and O–H groups in total. The average molecular weight is 666 g/mol. The fraction of sp³-hybridized carbons (Fsp3) is 0.0588. The molecule has 0 aliphatic heterocycles. The Morgan fingerprint density at radius 1 is 0.365 bits per heavy atom. The Bertz CT molecular complexity index is 2530. The number of para-hydroxylation sites is 2. The van der Waals surface area contributed by atoms with Crippen LogP contribution in [0.5, 0.6) is 0 Å². The number of nitrogens with zero attached hydrogens (tertiary/aromatic N) is 1. The highest BCUT2D eigenvalue weighted by atomic mass is 15.1. The first-order chi connectivity index (χ1) is 25.5. The maximum absolute atomic E-state index is 2.40. The van der Waals surface area contributed by atoms with E-state index < -0.39 is 0 Å². The minimum atomic E-state index is -0.142. The predicted molar refractivity (Wildman–Crippen MR) is 222 cm³/mol. The van der Waals surface area contributed by atoms with Crippen LogP contribution in [0.3, 0.4) is 0 Å². The lowest BCUT2D eigenvalue weighted by atomic mass is 9.81. The van der Waals surface area contributed by atoms with Crippen molar-refractivity contribution in [2.45, 2.75) is 19.3 Å². The van der Waals surface area contributed by atoms with Crippen molar-refractivity contribution >= 4 is 40.0 Å². The molecule has 0 heterocycles. The van der Waals surface area contributed by atoms with E-state index >= 15 is 0 Å². The highest BCUT2D eigenvalue weighted by Crippen LogP contribution is 2.51. The van der Waals surface area contributed by atoms with Crippen molar-refractivity contribution in [3.63, 3.8) is 0 Å². The van der Waals surface area contributed by atoms with Gasteiger partial charge in [-0.15, -0.1) is 0 Å². The van der Waals surface area contributed by atoms with Crippen LogP contribution in [0.25, 0.3) is 56.3 Å². The molecular weight excluding hydrogens is 627 g/mol. The summed E-state index contributed by atoms with van der Waals surface area (Å²) in [6.45, 7) is 4.73. The molecule has 0 spiro atoms. The molecule has 0 unspecified atom stereocenters. The van der Waals surface area contributed by atoms with Crippen molar-refractivity contribution in [1.82, 2.24) is 0 Å².